The third-order valence-electron chi connectivity index (χ3n) is 4.85. The number of sulfonamides is 1. The number of hydrogen-bond acceptors (Lipinski definition) is 4. The van der Waals surface area contributed by atoms with E-state index < -0.39 is 16.1 Å². The fourth-order valence-electron chi connectivity index (χ4n) is 3.22. The maximum Gasteiger partial charge on any atom is 0.242 e. The minimum absolute atomic E-state index is 0.0980. The van der Waals surface area contributed by atoms with Gasteiger partial charge in [-0.1, -0.05) is 41.9 Å². The van der Waals surface area contributed by atoms with E-state index >= 15 is 0 Å². The number of carbonyl (C=O) groups is 2. The van der Waals surface area contributed by atoms with Crippen molar-refractivity contribution >= 4 is 39.1 Å². The van der Waals surface area contributed by atoms with E-state index in [0.29, 0.717) is 17.1 Å². The van der Waals surface area contributed by atoms with Crippen molar-refractivity contribution in [3.8, 4) is 0 Å². The van der Waals surface area contributed by atoms with E-state index in [2.05, 4.69) is 5.32 Å². The van der Waals surface area contributed by atoms with Gasteiger partial charge in [0.15, 0.2) is 0 Å². The molecule has 0 aliphatic rings. The minimum Gasteiger partial charge on any atom is -0.357 e. The zero-order valence-electron chi connectivity index (χ0n) is 17.9. The normalized spacial score (nSPS) is 12.1. The largest absolute Gasteiger partial charge is 0.357 e. The van der Waals surface area contributed by atoms with Gasteiger partial charge in [0.25, 0.3) is 0 Å². The molecule has 31 heavy (non-hydrogen) atoms. The van der Waals surface area contributed by atoms with Gasteiger partial charge < -0.3 is 10.2 Å². The Kier molecular flexibility index (Phi) is 8.88. The molecule has 1 unspecified atom stereocenters. The molecule has 1 N–H and O–H groups in total. The molecule has 2 aromatic rings. The topological polar surface area (TPSA) is 86.8 Å². The minimum atomic E-state index is -3.49. The molecule has 0 aliphatic heterocycles. The Morgan fingerprint density at radius 3 is 2.35 bits per heavy atom. The smallest absolute Gasteiger partial charge is 0.242 e. The molecule has 2 aromatic carbocycles. The lowest BCUT2D eigenvalue weighted by Gasteiger charge is -2.29. The van der Waals surface area contributed by atoms with Crippen LogP contribution in [0.2, 0.25) is 5.02 Å². The van der Waals surface area contributed by atoms with Gasteiger partial charge in [0.1, 0.15) is 6.04 Å². The SMILES string of the molecule is CNC(=O)C(C)N(Cc1cccc(Cl)c1)C(=O)CCCN(c1ccccc1)S(C)(=O)=O. The molecule has 0 saturated heterocycles. The number of anilines is 1. The first kappa shape index (κ1) is 24.7. The van der Waals surface area contributed by atoms with Crippen LogP contribution in [0, 0.1) is 0 Å². The molecule has 0 aromatic heterocycles. The number of amides is 2. The number of nitrogens with one attached hydrogen (secondary N) is 1. The molecule has 0 fully saturated rings. The first-order chi connectivity index (χ1) is 14.6. The second-order valence-corrected chi connectivity index (χ2v) is 9.56. The highest BCUT2D eigenvalue weighted by Crippen LogP contribution is 2.19. The Hall–Kier alpha value is -2.58. The maximum atomic E-state index is 13.0. The van der Waals surface area contributed by atoms with Crippen molar-refractivity contribution in [3.63, 3.8) is 0 Å². The summed E-state index contributed by atoms with van der Waals surface area (Å²) in [7, 11) is -1.97. The van der Waals surface area contributed by atoms with Crippen LogP contribution in [0.25, 0.3) is 0 Å². The summed E-state index contributed by atoms with van der Waals surface area (Å²) in [4.78, 5) is 26.7. The number of halogens is 1. The Labute approximate surface area is 189 Å². The van der Waals surface area contributed by atoms with Crippen molar-refractivity contribution < 1.29 is 18.0 Å². The third kappa shape index (κ3) is 7.25. The molecule has 1 atom stereocenters. The molecule has 0 saturated carbocycles. The van der Waals surface area contributed by atoms with Crippen molar-refractivity contribution in [1.29, 1.82) is 0 Å². The molecule has 0 spiro atoms. The molecule has 0 aliphatic carbocycles. The summed E-state index contributed by atoms with van der Waals surface area (Å²) in [6.45, 7) is 2.05. The molecular formula is C22H28ClN3O4S. The molecule has 0 bridgehead atoms. The lowest BCUT2D eigenvalue weighted by atomic mass is 10.1. The van der Waals surface area contributed by atoms with Crippen LogP contribution in [0.5, 0.6) is 0 Å². The number of carbonyl (C=O) groups excluding carboxylic acids is 2. The van der Waals surface area contributed by atoms with Crippen LogP contribution >= 0.6 is 11.6 Å². The fourth-order valence-corrected chi connectivity index (χ4v) is 4.40. The van der Waals surface area contributed by atoms with Crippen molar-refractivity contribution in [3.05, 3.63) is 65.2 Å². The van der Waals surface area contributed by atoms with E-state index in [1.807, 2.05) is 6.07 Å². The Morgan fingerprint density at radius 1 is 1.10 bits per heavy atom. The second kappa shape index (κ2) is 11.2. The number of benzene rings is 2. The summed E-state index contributed by atoms with van der Waals surface area (Å²) >= 11 is 6.05. The molecule has 9 heteroatoms. The van der Waals surface area contributed by atoms with Gasteiger partial charge in [-0.2, -0.15) is 0 Å². The summed E-state index contributed by atoms with van der Waals surface area (Å²) < 4.78 is 25.7. The van der Waals surface area contributed by atoms with E-state index in [9.17, 15) is 18.0 Å². The van der Waals surface area contributed by atoms with E-state index in [-0.39, 0.29) is 31.3 Å². The van der Waals surface area contributed by atoms with Gasteiger partial charge in [0.2, 0.25) is 21.8 Å². The van der Waals surface area contributed by atoms with Crippen LogP contribution < -0.4 is 9.62 Å². The van der Waals surface area contributed by atoms with Crippen molar-refractivity contribution in [2.45, 2.75) is 32.4 Å². The molecular weight excluding hydrogens is 438 g/mol. The average Bonchev–Trinajstić information content (AvgIpc) is 2.73. The molecule has 0 radical (unpaired) electrons. The summed E-state index contributed by atoms with van der Waals surface area (Å²) in [6.07, 6.45) is 1.55. The highest BCUT2D eigenvalue weighted by Gasteiger charge is 2.26. The maximum absolute atomic E-state index is 13.0. The summed E-state index contributed by atoms with van der Waals surface area (Å²) in [5.41, 5.74) is 1.35. The fraction of sp³-hybridized carbons (Fsp3) is 0.364. The molecule has 168 valence electrons. The van der Waals surface area contributed by atoms with Crippen LogP contribution in [0.1, 0.15) is 25.3 Å². The zero-order valence-corrected chi connectivity index (χ0v) is 19.5. The lowest BCUT2D eigenvalue weighted by Crippen LogP contribution is -2.46. The third-order valence-corrected chi connectivity index (χ3v) is 6.28. The van der Waals surface area contributed by atoms with E-state index in [4.69, 9.17) is 11.6 Å². The first-order valence-electron chi connectivity index (χ1n) is 9.91. The molecule has 2 amide bonds. The lowest BCUT2D eigenvalue weighted by molar-refractivity contribution is -0.140. The quantitative estimate of drug-likeness (QED) is 0.584. The van der Waals surface area contributed by atoms with E-state index in [1.54, 1.807) is 55.5 Å². The Balaban J connectivity index is 2.12. The van der Waals surface area contributed by atoms with Gasteiger partial charge in [0.05, 0.1) is 11.9 Å². The monoisotopic (exact) mass is 465 g/mol. The van der Waals surface area contributed by atoms with Crippen molar-refractivity contribution in [2.75, 3.05) is 24.2 Å². The molecule has 0 heterocycles. The number of para-hydroxylation sites is 1. The first-order valence-corrected chi connectivity index (χ1v) is 12.1. The van der Waals surface area contributed by atoms with Gasteiger partial charge in [-0.15, -0.1) is 0 Å². The number of nitrogens with zero attached hydrogens (tertiary/aromatic N) is 2. The van der Waals surface area contributed by atoms with Gasteiger partial charge in [0, 0.05) is 31.6 Å². The highest BCUT2D eigenvalue weighted by atomic mass is 35.5. The van der Waals surface area contributed by atoms with Crippen LogP contribution in [0.15, 0.2) is 54.6 Å². The van der Waals surface area contributed by atoms with Crippen LogP contribution in [0.4, 0.5) is 5.69 Å². The van der Waals surface area contributed by atoms with Crippen molar-refractivity contribution in [2.24, 2.45) is 0 Å². The van der Waals surface area contributed by atoms with Crippen LogP contribution in [-0.4, -0.2) is 51.0 Å². The number of rotatable bonds is 10. The van der Waals surface area contributed by atoms with Gasteiger partial charge in [-0.25, -0.2) is 8.42 Å². The predicted molar refractivity (Wildman–Crippen MR) is 123 cm³/mol. The summed E-state index contributed by atoms with van der Waals surface area (Å²) in [5.74, 6) is -0.519. The van der Waals surface area contributed by atoms with Crippen molar-refractivity contribution in [1.82, 2.24) is 10.2 Å². The van der Waals surface area contributed by atoms with E-state index in [1.165, 1.54) is 16.3 Å². The van der Waals surface area contributed by atoms with Gasteiger partial charge >= 0.3 is 0 Å². The summed E-state index contributed by atoms with van der Waals surface area (Å²) in [5, 5.41) is 3.11. The molecule has 2 rings (SSSR count). The zero-order chi connectivity index (χ0) is 23.0. The Bertz CT molecular complexity index is 999. The average molecular weight is 466 g/mol. The predicted octanol–water partition coefficient (Wildman–Crippen LogP) is 3.05. The second-order valence-electron chi connectivity index (χ2n) is 7.22. The summed E-state index contributed by atoms with van der Waals surface area (Å²) in [6, 6.07) is 15.2. The highest BCUT2D eigenvalue weighted by molar-refractivity contribution is 7.92. The van der Waals surface area contributed by atoms with Gasteiger partial charge in [-0.05, 0) is 43.2 Å². The standard InChI is InChI=1S/C22H28ClN3O4S/c1-17(22(28)24-2)25(16-18-9-7-10-19(23)15-18)21(27)13-8-14-26(31(3,29)30)20-11-5-4-6-12-20/h4-7,9-12,15,17H,8,13-14,16H2,1-3H3,(H,24,28). The van der Waals surface area contributed by atoms with Gasteiger partial charge in [-0.3, -0.25) is 13.9 Å². The van der Waals surface area contributed by atoms with E-state index in [0.717, 1.165) is 11.8 Å². The molecule has 7 nitrogen and oxygen atoms in total. The Morgan fingerprint density at radius 2 is 1.77 bits per heavy atom. The van der Waals surface area contributed by atoms with Crippen LogP contribution in [-0.2, 0) is 26.2 Å². The number of likely N-dealkylation sites (N-methyl/N-ethyl adjacent to an activating group) is 1. The van der Waals surface area contributed by atoms with Crippen LogP contribution in [0.3, 0.4) is 0 Å². The number of hydrogen-bond donors (Lipinski definition) is 1.